The molecule has 0 atom stereocenters. The molecule has 1 aliphatic carbocycles. The average Bonchev–Trinajstić information content (AvgIpc) is 2.95. The summed E-state index contributed by atoms with van der Waals surface area (Å²) in [5, 5.41) is 18.9. The molecule has 116 valence electrons. The van der Waals surface area contributed by atoms with Crippen LogP contribution < -0.4 is 4.74 Å². The number of carboxylic acid groups (broad SMARTS) is 1. The summed E-state index contributed by atoms with van der Waals surface area (Å²) in [6.07, 6.45) is 4.40. The van der Waals surface area contributed by atoms with Gasteiger partial charge in [-0.3, -0.25) is 9.69 Å². The quantitative estimate of drug-likeness (QED) is 0.818. The molecule has 0 aliphatic heterocycles. The lowest BCUT2D eigenvalue weighted by Crippen LogP contribution is -2.37. The van der Waals surface area contributed by atoms with Gasteiger partial charge >= 0.3 is 5.97 Å². The predicted octanol–water partition coefficient (Wildman–Crippen LogP) is 2.99. The number of phenols is 1. The highest BCUT2D eigenvalue weighted by Gasteiger charge is 2.25. The molecule has 0 saturated heterocycles. The van der Waals surface area contributed by atoms with Crippen molar-refractivity contribution in [3.8, 4) is 11.5 Å². The van der Waals surface area contributed by atoms with E-state index in [1.54, 1.807) is 6.07 Å². The van der Waals surface area contributed by atoms with Crippen molar-refractivity contribution >= 4 is 21.9 Å². The lowest BCUT2D eigenvalue weighted by molar-refractivity contribution is -0.139. The van der Waals surface area contributed by atoms with Crippen molar-refractivity contribution in [2.75, 3.05) is 13.7 Å². The van der Waals surface area contributed by atoms with E-state index in [1.807, 2.05) is 11.0 Å². The number of ether oxygens (including phenoxy) is 1. The number of aromatic hydroxyl groups is 1. The van der Waals surface area contributed by atoms with Gasteiger partial charge in [-0.25, -0.2) is 0 Å². The lowest BCUT2D eigenvalue weighted by atomic mass is 10.1. The summed E-state index contributed by atoms with van der Waals surface area (Å²) < 4.78 is 5.69. The second-order valence-electron chi connectivity index (χ2n) is 5.37. The normalized spacial score (nSPS) is 15.6. The maximum atomic E-state index is 11.1. The minimum absolute atomic E-state index is 0.0332. The standard InChI is InChI=1S/C15H20BrNO4/c1-21-13-7-10(6-12(16)15(13)20)8-17(9-14(18)19)11-4-2-3-5-11/h6-7,11,20H,2-5,8-9H2,1H3,(H,18,19). The fourth-order valence-corrected chi connectivity index (χ4v) is 3.36. The van der Waals surface area contributed by atoms with Gasteiger partial charge in [0.1, 0.15) is 0 Å². The van der Waals surface area contributed by atoms with Crippen molar-refractivity contribution in [1.29, 1.82) is 0 Å². The van der Waals surface area contributed by atoms with Crippen molar-refractivity contribution in [1.82, 2.24) is 4.90 Å². The number of phenolic OH excluding ortho intramolecular Hbond substituents is 1. The van der Waals surface area contributed by atoms with Gasteiger partial charge in [-0.1, -0.05) is 12.8 Å². The van der Waals surface area contributed by atoms with E-state index in [0.717, 1.165) is 31.2 Å². The number of methoxy groups -OCH3 is 1. The number of aliphatic carboxylic acids is 1. The monoisotopic (exact) mass is 357 g/mol. The molecule has 0 amide bonds. The van der Waals surface area contributed by atoms with Crippen molar-refractivity contribution in [3.05, 3.63) is 22.2 Å². The second-order valence-corrected chi connectivity index (χ2v) is 6.22. The number of hydrogen-bond acceptors (Lipinski definition) is 4. The van der Waals surface area contributed by atoms with Crippen molar-refractivity contribution in [2.45, 2.75) is 38.3 Å². The van der Waals surface area contributed by atoms with E-state index in [4.69, 9.17) is 9.84 Å². The fourth-order valence-electron chi connectivity index (χ4n) is 2.87. The molecule has 0 bridgehead atoms. The van der Waals surface area contributed by atoms with Gasteiger partial charge in [0.15, 0.2) is 11.5 Å². The third-order valence-electron chi connectivity index (χ3n) is 3.87. The van der Waals surface area contributed by atoms with Gasteiger partial charge in [-0.2, -0.15) is 0 Å². The van der Waals surface area contributed by atoms with Crippen molar-refractivity contribution < 1.29 is 19.7 Å². The van der Waals surface area contributed by atoms with Crippen LogP contribution in [-0.2, 0) is 11.3 Å². The van der Waals surface area contributed by atoms with Crippen LogP contribution in [0, 0.1) is 0 Å². The van der Waals surface area contributed by atoms with Crippen LogP contribution >= 0.6 is 15.9 Å². The highest BCUT2D eigenvalue weighted by molar-refractivity contribution is 9.10. The van der Waals surface area contributed by atoms with E-state index in [9.17, 15) is 9.90 Å². The Labute approximate surface area is 132 Å². The zero-order valence-electron chi connectivity index (χ0n) is 12.0. The largest absolute Gasteiger partial charge is 0.503 e. The number of carbonyl (C=O) groups is 1. The van der Waals surface area contributed by atoms with Crippen LogP contribution in [0.25, 0.3) is 0 Å². The minimum atomic E-state index is -0.813. The zero-order valence-corrected chi connectivity index (χ0v) is 13.6. The van der Waals surface area contributed by atoms with E-state index < -0.39 is 5.97 Å². The summed E-state index contributed by atoms with van der Waals surface area (Å²) in [6, 6.07) is 3.88. The summed E-state index contributed by atoms with van der Waals surface area (Å²) in [6.45, 7) is 0.567. The maximum absolute atomic E-state index is 11.1. The Bertz CT molecular complexity index is 515. The first-order valence-corrected chi connectivity index (χ1v) is 7.81. The van der Waals surface area contributed by atoms with Gasteiger partial charge in [0, 0.05) is 12.6 Å². The number of hydrogen-bond donors (Lipinski definition) is 2. The predicted molar refractivity (Wildman–Crippen MR) is 82.7 cm³/mol. The van der Waals surface area contributed by atoms with Gasteiger partial charge in [-0.05, 0) is 46.5 Å². The Hall–Kier alpha value is -1.27. The van der Waals surface area contributed by atoms with Gasteiger partial charge in [0.2, 0.25) is 0 Å². The summed E-state index contributed by atoms with van der Waals surface area (Å²) in [5.41, 5.74) is 0.921. The van der Waals surface area contributed by atoms with Crippen LogP contribution in [0.4, 0.5) is 0 Å². The second kappa shape index (κ2) is 7.13. The number of benzene rings is 1. The molecule has 2 N–H and O–H groups in total. The number of carboxylic acids is 1. The van der Waals surface area contributed by atoms with E-state index in [-0.39, 0.29) is 12.3 Å². The fraction of sp³-hybridized carbons (Fsp3) is 0.533. The van der Waals surface area contributed by atoms with Crippen LogP contribution in [0.2, 0.25) is 0 Å². The molecule has 0 heterocycles. The third kappa shape index (κ3) is 4.11. The smallest absolute Gasteiger partial charge is 0.317 e. The molecule has 1 saturated carbocycles. The Morgan fingerprint density at radius 3 is 2.67 bits per heavy atom. The molecule has 1 aromatic carbocycles. The molecular formula is C15H20BrNO4. The summed E-state index contributed by atoms with van der Waals surface area (Å²) in [4.78, 5) is 13.1. The number of nitrogens with zero attached hydrogens (tertiary/aromatic N) is 1. The average molecular weight is 358 g/mol. The first-order valence-electron chi connectivity index (χ1n) is 7.02. The highest BCUT2D eigenvalue weighted by atomic mass is 79.9. The highest BCUT2D eigenvalue weighted by Crippen LogP contribution is 2.36. The first kappa shape index (κ1) is 16.1. The topological polar surface area (TPSA) is 70.0 Å². The molecule has 1 aliphatic rings. The molecule has 2 rings (SSSR count). The van der Waals surface area contributed by atoms with Gasteiger partial charge in [0.25, 0.3) is 0 Å². The van der Waals surface area contributed by atoms with Crippen LogP contribution in [0.1, 0.15) is 31.2 Å². The molecule has 0 spiro atoms. The molecule has 1 fully saturated rings. The third-order valence-corrected chi connectivity index (χ3v) is 4.48. The molecule has 0 radical (unpaired) electrons. The van der Waals surface area contributed by atoms with E-state index in [1.165, 1.54) is 7.11 Å². The Morgan fingerprint density at radius 2 is 2.10 bits per heavy atom. The van der Waals surface area contributed by atoms with Gasteiger partial charge < -0.3 is 14.9 Å². The first-order chi connectivity index (χ1) is 10.0. The lowest BCUT2D eigenvalue weighted by Gasteiger charge is -2.27. The van der Waals surface area contributed by atoms with Crippen LogP contribution in [-0.4, -0.2) is 40.8 Å². The SMILES string of the molecule is COc1cc(CN(CC(=O)O)C2CCCC2)cc(Br)c1O. The molecular weight excluding hydrogens is 338 g/mol. The molecule has 1 aromatic rings. The zero-order chi connectivity index (χ0) is 15.4. The van der Waals surface area contributed by atoms with Crippen LogP contribution in [0.15, 0.2) is 16.6 Å². The Balaban J connectivity index is 2.19. The summed E-state index contributed by atoms with van der Waals surface area (Å²) in [5.74, 6) is -0.361. The Kier molecular flexibility index (Phi) is 5.47. The molecule has 0 aromatic heterocycles. The molecule has 0 unspecified atom stereocenters. The van der Waals surface area contributed by atoms with Crippen LogP contribution in [0.5, 0.6) is 11.5 Å². The maximum Gasteiger partial charge on any atom is 0.317 e. The van der Waals surface area contributed by atoms with Gasteiger partial charge in [0.05, 0.1) is 18.1 Å². The summed E-state index contributed by atoms with van der Waals surface area (Å²) >= 11 is 3.30. The van der Waals surface area contributed by atoms with E-state index >= 15 is 0 Å². The Morgan fingerprint density at radius 1 is 1.43 bits per heavy atom. The van der Waals surface area contributed by atoms with Gasteiger partial charge in [-0.15, -0.1) is 0 Å². The number of rotatable bonds is 6. The van der Waals surface area contributed by atoms with Crippen LogP contribution in [0.3, 0.4) is 0 Å². The molecule has 21 heavy (non-hydrogen) atoms. The van der Waals surface area contributed by atoms with E-state index in [0.29, 0.717) is 22.8 Å². The molecule has 5 nitrogen and oxygen atoms in total. The molecule has 6 heteroatoms. The number of halogens is 1. The minimum Gasteiger partial charge on any atom is -0.503 e. The van der Waals surface area contributed by atoms with E-state index in [2.05, 4.69) is 15.9 Å². The summed E-state index contributed by atoms with van der Waals surface area (Å²) in [7, 11) is 1.50. The van der Waals surface area contributed by atoms with Crippen molar-refractivity contribution in [3.63, 3.8) is 0 Å². The van der Waals surface area contributed by atoms with Crippen molar-refractivity contribution in [2.24, 2.45) is 0 Å².